The lowest BCUT2D eigenvalue weighted by Gasteiger charge is -2.05. The summed E-state index contributed by atoms with van der Waals surface area (Å²) in [4.78, 5) is 3.29. The average molecular weight is 215 g/mol. The van der Waals surface area contributed by atoms with Crippen LogP contribution in [-0.2, 0) is 6.42 Å². The minimum absolute atomic E-state index is 0.299. The normalized spacial score (nSPS) is 17.8. The molecule has 2 N–H and O–H groups in total. The van der Waals surface area contributed by atoms with Crippen molar-refractivity contribution < 1.29 is 5.11 Å². The number of nitrogens with one attached hydrogen (secondary N) is 1. The van der Waals surface area contributed by atoms with Gasteiger partial charge in [-0.3, -0.25) is 0 Å². The van der Waals surface area contributed by atoms with Gasteiger partial charge < -0.3 is 10.1 Å². The maximum absolute atomic E-state index is 9.76. The lowest BCUT2D eigenvalue weighted by Crippen LogP contribution is -2.06. The highest BCUT2D eigenvalue weighted by Crippen LogP contribution is 2.39. The van der Waals surface area contributed by atoms with E-state index in [1.165, 1.54) is 16.5 Å². The van der Waals surface area contributed by atoms with Crippen molar-refractivity contribution in [3.05, 3.63) is 36.0 Å². The van der Waals surface area contributed by atoms with Gasteiger partial charge in [0.15, 0.2) is 0 Å². The molecule has 0 unspecified atom stereocenters. The first-order valence-electron chi connectivity index (χ1n) is 6.04. The summed E-state index contributed by atoms with van der Waals surface area (Å²) >= 11 is 0. The van der Waals surface area contributed by atoms with Gasteiger partial charge in [-0.05, 0) is 43.7 Å². The molecule has 2 nitrogen and oxygen atoms in total. The number of para-hydroxylation sites is 1. The summed E-state index contributed by atoms with van der Waals surface area (Å²) in [5.74, 6) is 0. The van der Waals surface area contributed by atoms with Crippen LogP contribution < -0.4 is 0 Å². The standard InChI is InChI=1S/C14H17NO/c16-14(8-9-14)7-3-4-11-10-15-13-6-2-1-5-12(11)13/h1-2,5-6,10,15-16H,3-4,7-9H2. The summed E-state index contributed by atoms with van der Waals surface area (Å²) in [6.07, 6.45) is 7.19. The molecular weight excluding hydrogens is 198 g/mol. The Hall–Kier alpha value is -1.28. The molecule has 0 spiro atoms. The molecule has 84 valence electrons. The van der Waals surface area contributed by atoms with E-state index in [9.17, 15) is 5.11 Å². The molecule has 0 atom stereocenters. The van der Waals surface area contributed by atoms with E-state index in [1.807, 2.05) is 0 Å². The summed E-state index contributed by atoms with van der Waals surface area (Å²) in [5, 5.41) is 11.1. The van der Waals surface area contributed by atoms with Crippen LogP contribution in [0.25, 0.3) is 10.9 Å². The second kappa shape index (κ2) is 3.63. The van der Waals surface area contributed by atoms with E-state index < -0.39 is 0 Å². The van der Waals surface area contributed by atoms with E-state index in [2.05, 4.69) is 35.4 Å². The van der Waals surface area contributed by atoms with Gasteiger partial charge in [-0.1, -0.05) is 18.2 Å². The quantitative estimate of drug-likeness (QED) is 0.808. The lowest BCUT2D eigenvalue weighted by atomic mass is 10.0. The van der Waals surface area contributed by atoms with Crippen molar-refractivity contribution in [1.29, 1.82) is 0 Å². The van der Waals surface area contributed by atoms with Crippen molar-refractivity contribution in [2.45, 2.75) is 37.7 Å². The number of aryl methyl sites for hydroxylation is 1. The van der Waals surface area contributed by atoms with Crippen molar-refractivity contribution in [3.63, 3.8) is 0 Å². The number of benzene rings is 1. The zero-order chi connectivity index (χ0) is 11.0. The molecule has 0 aliphatic heterocycles. The molecule has 2 aromatic rings. The first-order chi connectivity index (χ1) is 7.77. The van der Waals surface area contributed by atoms with E-state index in [1.54, 1.807) is 0 Å². The summed E-state index contributed by atoms with van der Waals surface area (Å²) in [6, 6.07) is 8.39. The van der Waals surface area contributed by atoms with E-state index in [0.717, 1.165) is 32.1 Å². The number of rotatable bonds is 4. The Morgan fingerprint density at radius 2 is 2.06 bits per heavy atom. The van der Waals surface area contributed by atoms with Crippen LogP contribution in [0.1, 0.15) is 31.2 Å². The van der Waals surface area contributed by atoms with Gasteiger partial charge in [-0.25, -0.2) is 0 Å². The highest BCUT2D eigenvalue weighted by molar-refractivity contribution is 5.82. The average Bonchev–Trinajstić information content (AvgIpc) is 2.89. The Labute approximate surface area is 95.3 Å². The van der Waals surface area contributed by atoms with E-state index in [0.29, 0.717) is 0 Å². The first kappa shape index (κ1) is 9.91. The molecule has 1 aromatic carbocycles. The second-order valence-corrected chi connectivity index (χ2v) is 4.94. The molecule has 1 aliphatic rings. The number of H-pyrrole nitrogens is 1. The molecule has 1 heterocycles. The fourth-order valence-corrected chi connectivity index (χ4v) is 2.34. The third-order valence-corrected chi connectivity index (χ3v) is 3.59. The maximum atomic E-state index is 9.76. The molecule has 2 heteroatoms. The molecule has 1 aliphatic carbocycles. The largest absolute Gasteiger partial charge is 0.390 e. The molecule has 0 saturated heterocycles. The van der Waals surface area contributed by atoms with E-state index in [-0.39, 0.29) is 5.60 Å². The van der Waals surface area contributed by atoms with Crippen molar-refractivity contribution in [1.82, 2.24) is 4.98 Å². The molecular formula is C14H17NO. The number of fused-ring (bicyclic) bond motifs is 1. The number of aliphatic hydroxyl groups is 1. The van der Waals surface area contributed by atoms with Crippen LogP contribution >= 0.6 is 0 Å². The monoisotopic (exact) mass is 215 g/mol. The van der Waals surface area contributed by atoms with E-state index in [4.69, 9.17) is 0 Å². The van der Waals surface area contributed by atoms with Gasteiger partial charge in [0.2, 0.25) is 0 Å². The number of aromatic nitrogens is 1. The van der Waals surface area contributed by atoms with Crippen LogP contribution in [-0.4, -0.2) is 15.7 Å². The molecule has 16 heavy (non-hydrogen) atoms. The topological polar surface area (TPSA) is 36.0 Å². The van der Waals surface area contributed by atoms with Gasteiger partial charge in [0.1, 0.15) is 0 Å². The summed E-state index contributed by atoms with van der Waals surface area (Å²) in [6.45, 7) is 0. The summed E-state index contributed by atoms with van der Waals surface area (Å²) in [7, 11) is 0. The molecule has 1 saturated carbocycles. The van der Waals surface area contributed by atoms with Crippen LogP contribution in [0.15, 0.2) is 30.5 Å². The third kappa shape index (κ3) is 1.85. The van der Waals surface area contributed by atoms with Gasteiger partial charge in [0.25, 0.3) is 0 Å². The summed E-state index contributed by atoms with van der Waals surface area (Å²) in [5.41, 5.74) is 2.29. The number of hydrogen-bond acceptors (Lipinski definition) is 1. The SMILES string of the molecule is OC1(CCCc2c[nH]c3ccccc23)CC1. The number of hydrogen-bond donors (Lipinski definition) is 2. The second-order valence-electron chi connectivity index (χ2n) is 4.94. The molecule has 0 amide bonds. The fourth-order valence-electron chi connectivity index (χ4n) is 2.34. The predicted octanol–water partition coefficient (Wildman–Crippen LogP) is 3.02. The fraction of sp³-hybridized carbons (Fsp3) is 0.429. The molecule has 3 rings (SSSR count). The Kier molecular flexibility index (Phi) is 2.25. The Morgan fingerprint density at radius 3 is 2.88 bits per heavy atom. The maximum Gasteiger partial charge on any atom is 0.0650 e. The Balaban J connectivity index is 1.69. The van der Waals surface area contributed by atoms with Gasteiger partial charge in [-0.15, -0.1) is 0 Å². The molecule has 1 fully saturated rings. The van der Waals surface area contributed by atoms with Crippen LogP contribution in [0.3, 0.4) is 0 Å². The van der Waals surface area contributed by atoms with Crippen LogP contribution in [0.2, 0.25) is 0 Å². The lowest BCUT2D eigenvalue weighted by molar-refractivity contribution is 0.137. The molecule has 0 radical (unpaired) electrons. The van der Waals surface area contributed by atoms with Crippen molar-refractivity contribution in [2.75, 3.05) is 0 Å². The van der Waals surface area contributed by atoms with Gasteiger partial charge in [0.05, 0.1) is 5.60 Å². The van der Waals surface area contributed by atoms with Crippen molar-refractivity contribution in [2.24, 2.45) is 0 Å². The smallest absolute Gasteiger partial charge is 0.0650 e. The zero-order valence-corrected chi connectivity index (χ0v) is 9.37. The highest BCUT2D eigenvalue weighted by Gasteiger charge is 2.39. The Bertz CT molecular complexity index is 496. The van der Waals surface area contributed by atoms with Crippen molar-refractivity contribution >= 4 is 10.9 Å². The number of aromatic amines is 1. The van der Waals surface area contributed by atoms with E-state index >= 15 is 0 Å². The third-order valence-electron chi connectivity index (χ3n) is 3.59. The predicted molar refractivity (Wildman–Crippen MR) is 65.4 cm³/mol. The van der Waals surface area contributed by atoms with Crippen LogP contribution in [0, 0.1) is 0 Å². The van der Waals surface area contributed by atoms with Gasteiger partial charge in [-0.2, -0.15) is 0 Å². The highest BCUT2D eigenvalue weighted by atomic mass is 16.3. The van der Waals surface area contributed by atoms with Gasteiger partial charge >= 0.3 is 0 Å². The molecule has 0 bridgehead atoms. The first-order valence-corrected chi connectivity index (χ1v) is 6.04. The van der Waals surface area contributed by atoms with Gasteiger partial charge in [0, 0.05) is 17.1 Å². The minimum atomic E-state index is -0.299. The van der Waals surface area contributed by atoms with Crippen molar-refractivity contribution in [3.8, 4) is 0 Å². The van der Waals surface area contributed by atoms with Crippen LogP contribution in [0.4, 0.5) is 0 Å². The molecule has 1 aromatic heterocycles. The Morgan fingerprint density at radius 1 is 1.25 bits per heavy atom. The summed E-state index contributed by atoms with van der Waals surface area (Å²) < 4.78 is 0. The minimum Gasteiger partial charge on any atom is -0.390 e. The zero-order valence-electron chi connectivity index (χ0n) is 9.37. The van der Waals surface area contributed by atoms with Crippen LogP contribution in [0.5, 0.6) is 0 Å².